The number of carbonyl (C=O) groups excluding carboxylic acids is 3. The molecule has 0 saturated heterocycles. The zero-order chi connectivity index (χ0) is 25.6. The zero-order valence-corrected chi connectivity index (χ0v) is 20.5. The molecule has 3 rings (SSSR count). The van der Waals surface area contributed by atoms with Crippen molar-refractivity contribution in [2.24, 2.45) is 11.7 Å². The fraction of sp³-hybridized carbons (Fsp3) is 0.444. The van der Waals surface area contributed by atoms with Crippen molar-refractivity contribution in [1.29, 1.82) is 0 Å². The van der Waals surface area contributed by atoms with Gasteiger partial charge in [-0.25, -0.2) is 9.18 Å². The van der Waals surface area contributed by atoms with Crippen molar-refractivity contribution < 1.29 is 23.5 Å². The molecule has 0 aromatic heterocycles. The van der Waals surface area contributed by atoms with E-state index in [1.54, 1.807) is 0 Å². The summed E-state index contributed by atoms with van der Waals surface area (Å²) >= 11 is 0. The van der Waals surface area contributed by atoms with E-state index in [0.717, 1.165) is 30.4 Å². The van der Waals surface area contributed by atoms with Gasteiger partial charge in [-0.15, -0.1) is 0 Å². The van der Waals surface area contributed by atoms with E-state index < -0.39 is 23.9 Å². The van der Waals surface area contributed by atoms with Gasteiger partial charge in [0.25, 0.3) is 0 Å². The van der Waals surface area contributed by atoms with Gasteiger partial charge in [-0.05, 0) is 68.4 Å². The second-order valence-electron chi connectivity index (χ2n) is 10.1. The first-order valence-corrected chi connectivity index (χ1v) is 11.9. The third kappa shape index (κ3) is 7.53. The number of amides is 3. The Balaban J connectivity index is 1.67. The first-order chi connectivity index (χ1) is 16.5. The molecule has 8 heteroatoms. The molecule has 4 N–H and O–H groups in total. The average molecular weight is 484 g/mol. The first-order valence-electron chi connectivity index (χ1n) is 11.9. The monoisotopic (exact) mass is 483 g/mol. The molecule has 35 heavy (non-hydrogen) atoms. The van der Waals surface area contributed by atoms with Gasteiger partial charge in [-0.3, -0.25) is 9.59 Å². The number of primary amides is 1. The zero-order valence-electron chi connectivity index (χ0n) is 20.5. The van der Waals surface area contributed by atoms with Gasteiger partial charge in [-0.1, -0.05) is 49.2 Å². The molecule has 3 atom stereocenters. The van der Waals surface area contributed by atoms with Crippen molar-refractivity contribution in [3.63, 3.8) is 0 Å². The highest BCUT2D eigenvalue weighted by molar-refractivity contribution is 5.89. The van der Waals surface area contributed by atoms with Crippen LogP contribution in [0.4, 0.5) is 9.18 Å². The Kier molecular flexibility index (Phi) is 8.48. The van der Waals surface area contributed by atoms with Crippen molar-refractivity contribution in [3.8, 4) is 0 Å². The molecule has 1 aliphatic carbocycles. The summed E-state index contributed by atoms with van der Waals surface area (Å²) in [6.45, 7) is 5.79. The maximum atomic E-state index is 13.3. The number of carbonyl (C=O) groups is 3. The SMILES string of the molecule is CC(C)(C)NC(=O)OCc1ccc([C@@H]2CCCC[C@H]2C(=O)N[C@H](C(N)=O)c2ccc(F)cc2)cc1. The standard InChI is InChI=1S/C27H34FN3O4/c1-27(2,3)31-26(34)35-16-17-8-10-18(11-9-17)21-6-4-5-7-22(21)25(33)30-23(24(29)32)19-12-14-20(28)15-13-19/h8-15,21-23H,4-7,16H2,1-3H3,(H2,29,32)(H,30,33)(H,31,34)/t21-,22+,23-/m0/s1. The van der Waals surface area contributed by atoms with Crippen LogP contribution in [0.5, 0.6) is 0 Å². The molecule has 7 nitrogen and oxygen atoms in total. The van der Waals surface area contributed by atoms with Gasteiger partial charge in [0.1, 0.15) is 18.5 Å². The Morgan fingerprint density at radius 2 is 1.66 bits per heavy atom. The molecule has 3 amide bonds. The lowest BCUT2D eigenvalue weighted by Gasteiger charge is -2.32. The van der Waals surface area contributed by atoms with Crippen LogP contribution in [-0.2, 0) is 20.9 Å². The van der Waals surface area contributed by atoms with Crippen LogP contribution in [-0.4, -0.2) is 23.4 Å². The Labute approximate surface area is 205 Å². The number of nitrogens with two attached hydrogens (primary N) is 1. The minimum absolute atomic E-state index is 0.00958. The Hall–Kier alpha value is -3.42. The summed E-state index contributed by atoms with van der Waals surface area (Å²) in [6, 6.07) is 12.1. The summed E-state index contributed by atoms with van der Waals surface area (Å²) in [5.41, 5.74) is 7.48. The van der Waals surface area contributed by atoms with Crippen LogP contribution in [0.25, 0.3) is 0 Å². The number of ether oxygens (including phenoxy) is 1. The number of nitrogens with one attached hydrogen (secondary N) is 2. The Morgan fingerprint density at radius 3 is 2.26 bits per heavy atom. The lowest BCUT2D eigenvalue weighted by atomic mass is 9.74. The molecule has 2 aromatic carbocycles. The average Bonchev–Trinajstić information content (AvgIpc) is 2.81. The highest BCUT2D eigenvalue weighted by Gasteiger charge is 2.34. The fourth-order valence-electron chi connectivity index (χ4n) is 4.42. The van der Waals surface area contributed by atoms with E-state index in [0.29, 0.717) is 12.0 Å². The largest absolute Gasteiger partial charge is 0.445 e. The Bertz CT molecular complexity index is 1030. The van der Waals surface area contributed by atoms with E-state index in [-0.39, 0.29) is 29.9 Å². The van der Waals surface area contributed by atoms with Crippen LogP contribution in [0.15, 0.2) is 48.5 Å². The lowest BCUT2D eigenvalue weighted by molar-refractivity contribution is -0.131. The number of benzene rings is 2. The predicted molar refractivity (Wildman–Crippen MR) is 131 cm³/mol. The van der Waals surface area contributed by atoms with Crippen molar-refractivity contribution in [1.82, 2.24) is 10.6 Å². The molecule has 0 bridgehead atoms. The minimum atomic E-state index is -1.02. The van der Waals surface area contributed by atoms with Crippen LogP contribution in [0.3, 0.4) is 0 Å². The quantitative estimate of drug-likeness (QED) is 0.540. The van der Waals surface area contributed by atoms with Crippen molar-refractivity contribution in [2.45, 2.75) is 70.6 Å². The van der Waals surface area contributed by atoms with Gasteiger partial charge in [-0.2, -0.15) is 0 Å². The number of hydrogen-bond donors (Lipinski definition) is 3. The number of alkyl carbamates (subject to hydrolysis) is 1. The molecule has 1 saturated carbocycles. The summed E-state index contributed by atoms with van der Waals surface area (Å²) in [5, 5.41) is 5.54. The fourth-order valence-corrected chi connectivity index (χ4v) is 4.42. The number of halogens is 1. The molecule has 1 fully saturated rings. The smallest absolute Gasteiger partial charge is 0.407 e. The van der Waals surface area contributed by atoms with Crippen LogP contribution < -0.4 is 16.4 Å². The maximum absolute atomic E-state index is 13.3. The highest BCUT2D eigenvalue weighted by atomic mass is 19.1. The van der Waals surface area contributed by atoms with Gasteiger partial charge in [0, 0.05) is 11.5 Å². The number of hydrogen-bond acceptors (Lipinski definition) is 4. The first kappa shape index (κ1) is 26.2. The molecular weight excluding hydrogens is 449 g/mol. The predicted octanol–water partition coefficient (Wildman–Crippen LogP) is 4.47. The van der Waals surface area contributed by atoms with Crippen LogP contribution in [0.2, 0.25) is 0 Å². The van der Waals surface area contributed by atoms with E-state index in [2.05, 4.69) is 10.6 Å². The molecule has 1 aliphatic rings. The Morgan fingerprint density at radius 1 is 1.03 bits per heavy atom. The van der Waals surface area contributed by atoms with E-state index >= 15 is 0 Å². The number of rotatable bonds is 7. The van der Waals surface area contributed by atoms with Gasteiger partial charge < -0.3 is 21.1 Å². The second-order valence-corrected chi connectivity index (χ2v) is 10.1. The van der Waals surface area contributed by atoms with Crippen molar-refractivity contribution in [3.05, 3.63) is 71.0 Å². The summed E-state index contributed by atoms with van der Waals surface area (Å²) in [4.78, 5) is 37.2. The van der Waals surface area contributed by atoms with Crippen LogP contribution in [0.1, 0.15) is 75.1 Å². The third-order valence-electron chi connectivity index (χ3n) is 6.13. The van der Waals surface area contributed by atoms with Crippen LogP contribution in [0, 0.1) is 11.7 Å². The van der Waals surface area contributed by atoms with Crippen LogP contribution >= 0.6 is 0 Å². The molecule has 0 unspecified atom stereocenters. The van der Waals surface area contributed by atoms with Crippen molar-refractivity contribution >= 4 is 17.9 Å². The van der Waals surface area contributed by atoms with E-state index in [1.165, 1.54) is 24.3 Å². The summed E-state index contributed by atoms with van der Waals surface area (Å²) in [5.74, 6) is -1.69. The second kappa shape index (κ2) is 11.3. The van der Waals surface area contributed by atoms with E-state index in [9.17, 15) is 18.8 Å². The molecule has 0 aliphatic heterocycles. The van der Waals surface area contributed by atoms with Gasteiger partial charge >= 0.3 is 6.09 Å². The molecule has 188 valence electrons. The molecular formula is C27H34FN3O4. The molecule has 0 heterocycles. The summed E-state index contributed by atoms with van der Waals surface area (Å²) in [6.07, 6.45) is 2.99. The van der Waals surface area contributed by atoms with Crippen molar-refractivity contribution in [2.75, 3.05) is 0 Å². The maximum Gasteiger partial charge on any atom is 0.407 e. The molecule has 0 spiro atoms. The summed E-state index contributed by atoms with van der Waals surface area (Å²) < 4.78 is 18.6. The molecule has 0 radical (unpaired) electrons. The van der Waals surface area contributed by atoms with Gasteiger partial charge in [0.2, 0.25) is 11.8 Å². The van der Waals surface area contributed by atoms with Gasteiger partial charge in [0.15, 0.2) is 0 Å². The normalized spacial score (nSPS) is 18.9. The highest BCUT2D eigenvalue weighted by Crippen LogP contribution is 2.38. The minimum Gasteiger partial charge on any atom is -0.445 e. The third-order valence-corrected chi connectivity index (χ3v) is 6.13. The summed E-state index contributed by atoms with van der Waals surface area (Å²) in [7, 11) is 0. The topological polar surface area (TPSA) is 111 Å². The van der Waals surface area contributed by atoms with E-state index in [1.807, 2.05) is 45.0 Å². The van der Waals surface area contributed by atoms with Gasteiger partial charge in [0.05, 0.1) is 0 Å². The van der Waals surface area contributed by atoms with E-state index in [4.69, 9.17) is 10.5 Å². The lowest BCUT2D eigenvalue weighted by Crippen LogP contribution is -2.42. The molecule has 2 aromatic rings.